The predicted molar refractivity (Wildman–Crippen MR) is 75.6 cm³/mol. The molecule has 4 nitrogen and oxygen atoms in total. The summed E-state index contributed by atoms with van der Waals surface area (Å²) < 4.78 is 1.92. The molecule has 2 rings (SSSR count). The molecule has 0 bridgehead atoms. The number of hydrogen-bond acceptors (Lipinski definition) is 4. The molecular formula is C13H20N4S. The standard InChI is InChI=1S/C13H20N4S/c1-4-17-8-11(6-15-17)12-9-18-13(16-12)7-14-5-10(2)3/h6,8-10,14H,4-5,7H2,1-3H3. The van der Waals surface area contributed by atoms with Crippen LogP contribution in [-0.2, 0) is 13.1 Å². The summed E-state index contributed by atoms with van der Waals surface area (Å²) >= 11 is 1.70. The molecule has 0 unspecified atom stereocenters. The molecule has 0 aliphatic heterocycles. The highest BCUT2D eigenvalue weighted by atomic mass is 32.1. The third-order valence-electron chi connectivity index (χ3n) is 2.63. The Bertz CT molecular complexity index is 487. The van der Waals surface area contributed by atoms with Gasteiger partial charge in [-0.15, -0.1) is 11.3 Å². The summed E-state index contributed by atoms with van der Waals surface area (Å²) in [6, 6.07) is 0. The Hall–Kier alpha value is -1.20. The fourth-order valence-corrected chi connectivity index (χ4v) is 2.43. The molecular weight excluding hydrogens is 244 g/mol. The van der Waals surface area contributed by atoms with Crippen LogP contribution >= 0.6 is 11.3 Å². The first-order valence-electron chi connectivity index (χ1n) is 6.37. The second kappa shape index (κ2) is 6.11. The number of thiazole rings is 1. The molecule has 0 saturated heterocycles. The van der Waals surface area contributed by atoms with E-state index in [9.17, 15) is 0 Å². The van der Waals surface area contributed by atoms with Crippen LogP contribution in [0.2, 0.25) is 0 Å². The van der Waals surface area contributed by atoms with E-state index in [2.05, 4.69) is 41.6 Å². The molecule has 0 saturated carbocycles. The van der Waals surface area contributed by atoms with Gasteiger partial charge in [-0.1, -0.05) is 13.8 Å². The van der Waals surface area contributed by atoms with E-state index >= 15 is 0 Å². The molecule has 0 radical (unpaired) electrons. The first-order valence-corrected chi connectivity index (χ1v) is 7.25. The Morgan fingerprint density at radius 2 is 2.28 bits per heavy atom. The van der Waals surface area contributed by atoms with Gasteiger partial charge in [0.2, 0.25) is 0 Å². The SMILES string of the molecule is CCn1cc(-c2csc(CNCC(C)C)n2)cn1. The van der Waals surface area contributed by atoms with Crippen LogP contribution in [0.15, 0.2) is 17.8 Å². The molecule has 0 spiro atoms. The van der Waals surface area contributed by atoms with Gasteiger partial charge in [-0.25, -0.2) is 4.98 Å². The predicted octanol–water partition coefficient (Wildman–Crippen LogP) is 2.77. The van der Waals surface area contributed by atoms with E-state index < -0.39 is 0 Å². The average molecular weight is 264 g/mol. The molecule has 2 heterocycles. The van der Waals surface area contributed by atoms with Crippen LogP contribution in [0, 0.1) is 5.92 Å². The Labute approximate surface area is 112 Å². The first kappa shape index (κ1) is 13.2. The highest BCUT2D eigenvalue weighted by Gasteiger charge is 2.06. The molecule has 1 N–H and O–H groups in total. The summed E-state index contributed by atoms with van der Waals surface area (Å²) in [4.78, 5) is 4.63. The van der Waals surface area contributed by atoms with Crippen LogP contribution in [-0.4, -0.2) is 21.3 Å². The molecule has 98 valence electrons. The summed E-state index contributed by atoms with van der Waals surface area (Å²) in [5.74, 6) is 0.673. The molecule has 0 aliphatic rings. The van der Waals surface area contributed by atoms with Crippen LogP contribution < -0.4 is 5.32 Å². The van der Waals surface area contributed by atoms with Crippen molar-refractivity contribution in [2.24, 2.45) is 5.92 Å². The van der Waals surface area contributed by atoms with Crippen molar-refractivity contribution in [2.75, 3.05) is 6.54 Å². The van der Waals surface area contributed by atoms with E-state index in [0.29, 0.717) is 5.92 Å². The van der Waals surface area contributed by atoms with Gasteiger partial charge in [-0.2, -0.15) is 5.10 Å². The molecule has 0 atom stereocenters. The van der Waals surface area contributed by atoms with E-state index in [-0.39, 0.29) is 0 Å². The molecule has 2 aromatic heterocycles. The van der Waals surface area contributed by atoms with Crippen molar-refractivity contribution in [2.45, 2.75) is 33.9 Å². The van der Waals surface area contributed by atoms with Crippen LogP contribution in [0.25, 0.3) is 11.3 Å². The fraction of sp³-hybridized carbons (Fsp3) is 0.538. The first-order chi connectivity index (χ1) is 8.69. The largest absolute Gasteiger partial charge is 0.310 e. The Morgan fingerprint density at radius 3 is 2.94 bits per heavy atom. The molecule has 0 aliphatic carbocycles. The zero-order chi connectivity index (χ0) is 13.0. The number of nitrogens with one attached hydrogen (secondary N) is 1. The van der Waals surface area contributed by atoms with Gasteiger partial charge in [-0.3, -0.25) is 4.68 Å². The smallest absolute Gasteiger partial charge is 0.107 e. The van der Waals surface area contributed by atoms with E-state index in [1.165, 1.54) is 0 Å². The summed E-state index contributed by atoms with van der Waals surface area (Å²) in [5, 5.41) is 10.9. The Kier molecular flexibility index (Phi) is 4.49. The third-order valence-corrected chi connectivity index (χ3v) is 3.48. The van der Waals surface area contributed by atoms with Gasteiger partial charge >= 0.3 is 0 Å². The van der Waals surface area contributed by atoms with Gasteiger partial charge < -0.3 is 5.32 Å². The number of aryl methyl sites for hydroxylation is 1. The van der Waals surface area contributed by atoms with Gasteiger partial charge in [-0.05, 0) is 19.4 Å². The number of aromatic nitrogens is 3. The second-order valence-electron chi connectivity index (χ2n) is 4.74. The molecule has 2 aromatic rings. The van der Waals surface area contributed by atoms with Gasteiger partial charge in [0.25, 0.3) is 0 Å². The van der Waals surface area contributed by atoms with Crippen LogP contribution in [0.5, 0.6) is 0 Å². The molecule has 18 heavy (non-hydrogen) atoms. The molecule has 0 fully saturated rings. The van der Waals surface area contributed by atoms with Crippen molar-refractivity contribution in [3.05, 3.63) is 22.8 Å². The summed E-state index contributed by atoms with van der Waals surface area (Å²) in [5.41, 5.74) is 2.13. The lowest BCUT2D eigenvalue weighted by atomic mass is 10.2. The monoisotopic (exact) mass is 264 g/mol. The number of rotatable bonds is 6. The summed E-state index contributed by atoms with van der Waals surface area (Å²) in [7, 11) is 0. The van der Waals surface area contributed by atoms with Crippen molar-refractivity contribution in [1.82, 2.24) is 20.1 Å². The van der Waals surface area contributed by atoms with Crippen molar-refractivity contribution < 1.29 is 0 Å². The van der Waals surface area contributed by atoms with Crippen molar-refractivity contribution in [3.8, 4) is 11.3 Å². The van der Waals surface area contributed by atoms with Gasteiger partial charge in [0.05, 0.1) is 11.9 Å². The van der Waals surface area contributed by atoms with Crippen molar-refractivity contribution in [1.29, 1.82) is 0 Å². The maximum Gasteiger partial charge on any atom is 0.107 e. The van der Waals surface area contributed by atoms with Gasteiger partial charge in [0.1, 0.15) is 5.01 Å². The third kappa shape index (κ3) is 3.40. The maximum atomic E-state index is 4.63. The maximum absolute atomic E-state index is 4.63. The van der Waals surface area contributed by atoms with E-state index in [4.69, 9.17) is 0 Å². The molecule has 5 heteroatoms. The molecule has 0 amide bonds. The second-order valence-corrected chi connectivity index (χ2v) is 5.68. The zero-order valence-corrected chi connectivity index (χ0v) is 12.0. The van der Waals surface area contributed by atoms with Gasteiger partial charge in [0.15, 0.2) is 0 Å². The van der Waals surface area contributed by atoms with Crippen LogP contribution in [0.4, 0.5) is 0 Å². The quantitative estimate of drug-likeness (QED) is 0.872. The minimum atomic E-state index is 0.673. The number of nitrogens with zero attached hydrogens (tertiary/aromatic N) is 3. The highest BCUT2D eigenvalue weighted by molar-refractivity contribution is 7.09. The minimum Gasteiger partial charge on any atom is -0.310 e. The molecule has 0 aromatic carbocycles. The van der Waals surface area contributed by atoms with Crippen molar-refractivity contribution in [3.63, 3.8) is 0 Å². The Morgan fingerprint density at radius 1 is 1.44 bits per heavy atom. The zero-order valence-electron chi connectivity index (χ0n) is 11.2. The van der Waals surface area contributed by atoms with E-state index in [0.717, 1.165) is 35.9 Å². The van der Waals surface area contributed by atoms with E-state index in [1.54, 1.807) is 11.3 Å². The average Bonchev–Trinajstić information content (AvgIpc) is 2.95. The minimum absolute atomic E-state index is 0.673. The van der Waals surface area contributed by atoms with Crippen LogP contribution in [0.1, 0.15) is 25.8 Å². The summed E-state index contributed by atoms with van der Waals surface area (Å²) in [6.45, 7) is 9.28. The lowest BCUT2D eigenvalue weighted by Gasteiger charge is -2.04. The lowest BCUT2D eigenvalue weighted by molar-refractivity contribution is 0.551. The highest BCUT2D eigenvalue weighted by Crippen LogP contribution is 2.21. The van der Waals surface area contributed by atoms with Crippen molar-refractivity contribution >= 4 is 11.3 Å². The van der Waals surface area contributed by atoms with Crippen LogP contribution in [0.3, 0.4) is 0 Å². The fourth-order valence-electron chi connectivity index (χ4n) is 1.66. The summed E-state index contributed by atoms with van der Waals surface area (Å²) in [6.07, 6.45) is 3.92. The topological polar surface area (TPSA) is 42.7 Å². The Balaban J connectivity index is 1.97. The lowest BCUT2D eigenvalue weighted by Crippen LogP contribution is -2.18. The van der Waals surface area contributed by atoms with Gasteiger partial charge in [0, 0.05) is 30.2 Å². The van der Waals surface area contributed by atoms with E-state index in [1.807, 2.05) is 17.1 Å². The number of hydrogen-bond donors (Lipinski definition) is 1. The normalized spacial score (nSPS) is 11.3.